The molecule has 2 nitrogen and oxygen atoms in total. The van der Waals surface area contributed by atoms with Gasteiger partial charge in [0.05, 0.1) is 5.69 Å². The standard InChI is InChI=1S/C15H22F2N2/c1-3-6-18-12-5-4-7-19(10-12)15-9-13(16)11(2)8-14(15)17/h8-9,12,18H,3-7,10H2,1-2H3. The van der Waals surface area contributed by atoms with E-state index in [9.17, 15) is 8.78 Å². The van der Waals surface area contributed by atoms with E-state index in [-0.39, 0.29) is 11.6 Å². The summed E-state index contributed by atoms with van der Waals surface area (Å²) < 4.78 is 27.6. The summed E-state index contributed by atoms with van der Waals surface area (Å²) in [4.78, 5) is 1.95. The topological polar surface area (TPSA) is 15.3 Å². The van der Waals surface area contributed by atoms with Gasteiger partial charge in [-0.25, -0.2) is 8.78 Å². The van der Waals surface area contributed by atoms with E-state index in [0.717, 1.165) is 38.9 Å². The zero-order chi connectivity index (χ0) is 13.8. The molecule has 0 aliphatic carbocycles. The van der Waals surface area contributed by atoms with E-state index in [1.165, 1.54) is 12.1 Å². The van der Waals surface area contributed by atoms with Crippen LogP contribution in [-0.4, -0.2) is 25.7 Å². The lowest BCUT2D eigenvalue weighted by atomic mass is 10.0. The zero-order valence-electron chi connectivity index (χ0n) is 11.7. The highest BCUT2D eigenvalue weighted by molar-refractivity contribution is 5.50. The number of nitrogens with zero attached hydrogens (tertiary/aromatic N) is 1. The Morgan fingerprint density at radius 3 is 2.84 bits per heavy atom. The van der Waals surface area contributed by atoms with E-state index in [0.29, 0.717) is 17.3 Å². The average molecular weight is 268 g/mol. The Balaban J connectivity index is 2.10. The highest BCUT2D eigenvalue weighted by Gasteiger charge is 2.22. The second-order valence-corrected chi connectivity index (χ2v) is 5.29. The Hall–Kier alpha value is -1.16. The maximum Gasteiger partial charge on any atom is 0.146 e. The van der Waals surface area contributed by atoms with Crippen molar-refractivity contribution in [1.29, 1.82) is 0 Å². The van der Waals surface area contributed by atoms with Crippen molar-refractivity contribution < 1.29 is 8.78 Å². The number of hydrogen-bond acceptors (Lipinski definition) is 2. The molecule has 19 heavy (non-hydrogen) atoms. The summed E-state index contributed by atoms with van der Waals surface area (Å²) in [6, 6.07) is 2.98. The van der Waals surface area contributed by atoms with Crippen LogP contribution < -0.4 is 10.2 Å². The van der Waals surface area contributed by atoms with Gasteiger partial charge in [-0.2, -0.15) is 0 Å². The molecule has 106 valence electrons. The summed E-state index contributed by atoms with van der Waals surface area (Å²) in [5.74, 6) is -0.657. The van der Waals surface area contributed by atoms with Gasteiger partial charge in [-0.1, -0.05) is 6.92 Å². The molecule has 0 radical (unpaired) electrons. The number of halogens is 2. The van der Waals surface area contributed by atoms with Gasteiger partial charge in [0.1, 0.15) is 11.6 Å². The van der Waals surface area contributed by atoms with Crippen molar-refractivity contribution in [3.63, 3.8) is 0 Å². The zero-order valence-corrected chi connectivity index (χ0v) is 11.7. The first-order chi connectivity index (χ1) is 9.11. The number of rotatable bonds is 4. The molecule has 2 rings (SSSR count). The highest BCUT2D eigenvalue weighted by atomic mass is 19.1. The van der Waals surface area contributed by atoms with E-state index in [1.807, 2.05) is 4.90 Å². The minimum absolute atomic E-state index is 0.324. The van der Waals surface area contributed by atoms with Crippen LogP contribution in [0.2, 0.25) is 0 Å². The van der Waals surface area contributed by atoms with Crippen molar-refractivity contribution in [2.45, 2.75) is 39.2 Å². The van der Waals surface area contributed by atoms with Crippen LogP contribution >= 0.6 is 0 Å². The number of hydrogen-bond donors (Lipinski definition) is 1. The van der Waals surface area contributed by atoms with Gasteiger partial charge in [-0.15, -0.1) is 0 Å². The molecule has 1 N–H and O–H groups in total. The van der Waals surface area contributed by atoms with Gasteiger partial charge in [0.15, 0.2) is 0 Å². The fraction of sp³-hybridized carbons (Fsp3) is 0.600. The lowest BCUT2D eigenvalue weighted by Crippen LogP contribution is -2.46. The molecule has 0 spiro atoms. The smallest absolute Gasteiger partial charge is 0.146 e. The number of nitrogens with one attached hydrogen (secondary N) is 1. The SMILES string of the molecule is CCCNC1CCCN(c2cc(F)c(C)cc2F)C1. The van der Waals surface area contributed by atoms with Crippen LogP contribution in [0.3, 0.4) is 0 Å². The van der Waals surface area contributed by atoms with Crippen molar-refractivity contribution in [1.82, 2.24) is 5.32 Å². The predicted molar refractivity (Wildman–Crippen MR) is 74.6 cm³/mol. The maximum absolute atomic E-state index is 14.0. The van der Waals surface area contributed by atoms with Gasteiger partial charge in [0, 0.05) is 25.2 Å². The van der Waals surface area contributed by atoms with Gasteiger partial charge < -0.3 is 10.2 Å². The fourth-order valence-corrected chi connectivity index (χ4v) is 2.59. The molecule has 1 unspecified atom stereocenters. The number of benzene rings is 1. The van der Waals surface area contributed by atoms with Crippen LogP contribution in [0.1, 0.15) is 31.7 Å². The Morgan fingerprint density at radius 1 is 1.32 bits per heavy atom. The largest absolute Gasteiger partial charge is 0.368 e. The Labute approximate surface area is 113 Å². The van der Waals surface area contributed by atoms with Crippen molar-refractivity contribution in [3.05, 3.63) is 29.3 Å². The molecule has 1 fully saturated rings. The molecule has 1 aliphatic rings. The first-order valence-electron chi connectivity index (χ1n) is 7.05. The molecule has 1 atom stereocenters. The fourth-order valence-electron chi connectivity index (χ4n) is 2.59. The molecule has 0 aromatic heterocycles. The molecular weight excluding hydrogens is 246 g/mol. The van der Waals surface area contributed by atoms with E-state index < -0.39 is 0 Å². The molecular formula is C15H22F2N2. The lowest BCUT2D eigenvalue weighted by molar-refractivity contribution is 0.419. The molecule has 1 saturated heterocycles. The first-order valence-corrected chi connectivity index (χ1v) is 7.05. The van der Waals surface area contributed by atoms with Crippen LogP contribution in [0.5, 0.6) is 0 Å². The average Bonchev–Trinajstić information content (AvgIpc) is 2.41. The third-order valence-electron chi connectivity index (χ3n) is 3.67. The quantitative estimate of drug-likeness (QED) is 0.902. The summed E-state index contributed by atoms with van der Waals surface area (Å²) in [7, 11) is 0. The van der Waals surface area contributed by atoms with Crippen LogP contribution in [0.4, 0.5) is 14.5 Å². The van der Waals surface area contributed by atoms with E-state index >= 15 is 0 Å². The van der Waals surface area contributed by atoms with Gasteiger partial charge in [-0.3, -0.25) is 0 Å². The van der Waals surface area contributed by atoms with E-state index in [2.05, 4.69) is 12.2 Å². The van der Waals surface area contributed by atoms with Gasteiger partial charge in [0.2, 0.25) is 0 Å². The summed E-state index contributed by atoms with van der Waals surface area (Å²) in [5, 5.41) is 3.46. The van der Waals surface area contributed by atoms with Gasteiger partial charge in [-0.05, 0) is 44.4 Å². The van der Waals surface area contributed by atoms with E-state index in [4.69, 9.17) is 0 Å². The second kappa shape index (κ2) is 6.33. The third kappa shape index (κ3) is 3.44. The van der Waals surface area contributed by atoms with Crippen LogP contribution in [-0.2, 0) is 0 Å². The van der Waals surface area contributed by atoms with Gasteiger partial charge in [0.25, 0.3) is 0 Å². The van der Waals surface area contributed by atoms with E-state index in [1.54, 1.807) is 6.92 Å². The van der Waals surface area contributed by atoms with Crippen LogP contribution in [0.25, 0.3) is 0 Å². The summed E-state index contributed by atoms with van der Waals surface area (Å²) in [6.45, 7) is 6.24. The predicted octanol–water partition coefficient (Wildman–Crippen LogP) is 3.24. The van der Waals surface area contributed by atoms with Crippen molar-refractivity contribution in [3.8, 4) is 0 Å². The molecule has 1 aromatic carbocycles. The molecule has 1 aromatic rings. The minimum atomic E-state index is -0.333. The Morgan fingerprint density at radius 2 is 2.11 bits per heavy atom. The Bertz CT molecular complexity index is 434. The van der Waals surface area contributed by atoms with Crippen LogP contribution in [0, 0.1) is 18.6 Å². The lowest BCUT2D eigenvalue weighted by Gasteiger charge is -2.35. The molecule has 1 aliphatic heterocycles. The molecule has 0 bridgehead atoms. The van der Waals surface area contributed by atoms with Crippen molar-refractivity contribution in [2.24, 2.45) is 0 Å². The maximum atomic E-state index is 14.0. The summed E-state index contributed by atoms with van der Waals surface area (Å²) in [6.07, 6.45) is 3.20. The normalized spacial score (nSPS) is 19.8. The molecule has 0 saturated carbocycles. The minimum Gasteiger partial charge on any atom is -0.368 e. The number of anilines is 1. The summed E-state index contributed by atoms with van der Waals surface area (Å²) >= 11 is 0. The van der Waals surface area contributed by atoms with Crippen LogP contribution in [0.15, 0.2) is 12.1 Å². The molecule has 4 heteroatoms. The van der Waals surface area contributed by atoms with Crippen molar-refractivity contribution in [2.75, 3.05) is 24.5 Å². The second-order valence-electron chi connectivity index (χ2n) is 5.29. The number of piperidine rings is 1. The first kappa shape index (κ1) is 14.3. The number of aryl methyl sites for hydroxylation is 1. The molecule has 1 heterocycles. The van der Waals surface area contributed by atoms with Crippen molar-refractivity contribution >= 4 is 5.69 Å². The molecule has 0 amide bonds. The summed E-state index contributed by atoms with van der Waals surface area (Å²) in [5.41, 5.74) is 0.755. The van der Waals surface area contributed by atoms with Gasteiger partial charge >= 0.3 is 0 Å². The Kier molecular flexibility index (Phi) is 4.75. The third-order valence-corrected chi connectivity index (χ3v) is 3.67. The monoisotopic (exact) mass is 268 g/mol. The highest BCUT2D eigenvalue weighted by Crippen LogP contribution is 2.25.